The van der Waals surface area contributed by atoms with Crippen molar-refractivity contribution in [3.63, 3.8) is 0 Å². The summed E-state index contributed by atoms with van der Waals surface area (Å²) in [5, 5.41) is 13.1. The van der Waals surface area contributed by atoms with Crippen molar-refractivity contribution in [3.05, 3.63) is 57.2 Å². The van der Waals surface area contributed by atoms with Crippen LogP contribution >= 0.6 is 22.9 Å². The van der Waals surface area contributed by atoms with E-state index in [1.54, 1.807) is 19.1 Å². The first kappa shape index (κ1) is 14.1. The van der Waals surface area contributed by atoms with Crippen molar-refractivity contribution >= 4 is 28.8 Å². The number of halogens is 1. The highest BCUT2D eigenvalue weighted by molar-refractivity contribution is 7.17. The molecule has 1 unspecified atom stereocenters. The van der Waals surface area contributed by atoms with Crippen molar-refractivity contribution in [2.75, 3.05) is 6.54 Å². The third-order valence-corrected chi connectivity index (χ3v) is 4.02. The zero-order chi connectivity index (χ0) is 13.9. The molecule has 2 N–H and O–H groups in total. The highest BCUT2D eigenvalue weighted by Gasteiger charge is 2.23. The number of hydrogen-bond acceptors (Lipinski definition) is 3. The molecule has 1 aromatic heterocycles. The Morgan fingerprint density at radius 3 is 2.58 bits per heavy atom. The minimum atomic E-state index is -1.10. The van der Waals surface area contributed by atoms with Gasteiger partial charge >= 0.3 is 0 Å². The highest BCUT2D eigenvalue weighted by atomic mass is 35.5. The Kier molecular flexibility index (Phi) is 4.24. The summed E-state index contributed by atoms with van der Waals surface area (Å²) in [7, 11) is 0. The standard InChI is InChI=1S/C14H14ClNO2S/c1-14(18,10-5-3-2-4-6-10)9-16-13(17)11-7-8-12(15)19-11/h2-8,18H,9H2,1H3,(H,16,17). The summed E-state index contributed by atoms with van der Waals surface area (Å²) in [6, 6.07) is 12.6. The Morgan fingerprint density at radius 2 is 2.00 bits per heavy atom. The van der Waals surface area contributed by atoms with Crippen molar-refractivity contribution in [3.8, 4) is 0 Å². The molecule has 0 aliphatic rings. The lowest BCUT2D eigenvalue weighted by Crippen LogP contribution is -2.38. The zero-order valence-corrected chi connectivity index (χ0v) is 12.0. The first-order valence-corrected chi connectivity index (χ1v) is 7.00. The van der Waals surface area contributed by atoms with E-state index in [9.17, 15) is 9.90 Å². The third kappa shape index (κ3) is 3.56. The largest absolute Gasteiger partial charge is 0.384 e. The molecule has 100 valence electrons. The molecular weight excluding hydrogens is 282 g/mol. The predicted molar refractivity (Wildman–Crippen MR) is 77.7 cm³/mol. The van der Waals surface area contributed by atoms with Crippen LogP contribution in [-0.4, -0.2) is 17.6 Å². The van der Waals surface area contributed by atoms with E-state index in [2.05, 4.69) is 5.32 Å². The first-order chi connectivity index (χ1) is 8.99. The number of carbonyl (C=O) groups excluding carboxylic acids is 1. The molecule has 19 heavy (non-hydrogen) atoms. The quantitative estimate of drug-likeness (QED) is 0.911. The molecule has 0 saturated heterocycles. The van der Waals surface area contributed by atoms with Crippen LogP contribution in [0.5, 0.6) is 0 Å². The van der Waals surface area contributed by atoms with E-state index >= 15 is 0 Å². The van der Waals surface area contributed by atoms with Crippen molar-refractivity contribution in [1.82, 2.24) is 5.32 Å². The lowest BCUT2D eigenvalue weighted by Gasteiger charge is -2.24. The van der Waals surface area contributed by atoms with E-state index in [0.717, 1.165) is 5.56 Å². The summed E-state index contributed by atoms with van der Waals surface area (Å²) in [6.45, 7) is 1.81. The topological polar surface area (TPSA) is 49.3 Å². The fourth-order valence-electron chi connectivity index (χ4n) is 1.68. The minimum absolute atomic E-state index is 0.144. The number of benzene rings is 1. The van der Waals surface area contributed by atoms with Crippen LogP contribution in [0.25, 0.3) is 0 Å². The fourth-order valence-corrected chi connectivity index (χ4v) is 2.63. The molecule has 1 heterocycles. The molecule has 5 heteroatoms. The average molecular weight is 296 g/mol. The molecule has 1 amide bonds. The molecule has 2 aromatic rings. The predicted octanol–water partition coefficient (Wildman–Crippen LogP) is 3.04. The second-order valence-corrected chi connectivity index (χ2v) is 6.14. The molecule has 0 spiro atoms. The van der Waals surface area contributed by atoms with Gasteiger partial charge in [-0.15, -0.1) is 11.3 Å². The Morgan fingerprint density at radius 1 is 1.32 bits per heavy atom. The van der Waals surface area contributed by atoms with Crippen molar-refractivity contribution in [2.24, 2.45) is 0 Å². The lowest BCUT2D eigenvalue weighted by molar-refractivity contribution is 0.0527. The molecule has 1 atom stereocenters. The van der Waals surface area contributed by atoms with Gasteiger partial charge in [0.15, 0.2) is 0 Å². The van der Waals surface area contributed by atoms with Gasteiger partial charge in [0, 0.05) is 0 Å². The molecular formula is C14H14ClNO2S. The molecule has 0 bridgehead atoms. The van der Waals surface area contributed by atoms with E-state index in [0.29, 0.717) is 9.21 Å². The van der Waals surface area contributed by atoms with Crippen LogP contribution in [0.3, 0.4) is 0 Å². The highest BCUT2D eigenvalue weighted by Crippen LogP contribution is 2.22. The number of carbonyl (C=O) groups is 1. The zero-order valence-electron chi connectivity index (χ0n) is 10.4. The first-order valence-electron chi connectivity index (χ1n) is 5.80. The second-order valence-electron chi connectivity index (χ2n) is 4.43. The summed E-state index contributed by atoms with van der Waals surface area (Å²) < 4.78 is 0.569. The number of aliphatic hydroxyl groups is 1. The van der Waals surface area contributed by atoms with Crippen LogP contribution in [0.15, 0.2) is 42.5 Å². The maximum atomic E-state index is 11.9. The van der Waals surface area contributed by atoms with Gasteiger partial charge in [0.25, 0.3) is 5.91 Å². The van der Waals surface area contributed by atoms with Gasteiger partial charge in [-0.25, -0.2) is 0 Å². The van der Waals surface area contributed by atoms with E-state index in [1.165, 1.54) is 11.3 Å². The van der Waals surface area contributed by atoms with E-state index in [1.807, 2.05) is 30.3 Å². The second kappa shape index (κ2) is 5.74. The van der Waals surface area contributed by atoms with Gasteiger partial charge < -0.3 is 10.4 Å². The van der Waals surface area contributed by atoms with Gasteiger partial charge in [0.2, 0.25) is 0 Å². The summed E-state index contributed by atoms with van der Waals surface area (Å²) in [4.78, 5) is 12.4. The number of hydrogen-bond donors (Lipinski definition) is 2. The Bertz CT molecular complexity index is 566. The number of amides is 1. The molecule has 0 aliphatic carbocycles. The normalized spacial score (nSPS) is 13.8. The van der Waals surface area contributed by atoms with Crippen LogP contribution in [-0.2, 0) is 5.60 Å². The molecule has 1 aromatic carbocycles. The molecule has 0 saturated carbocycles. The van der Waals surface area contributed by atoms with Crippen molar-refractivity contribution in [2.45, 2.75) is 12.5 Å². The van der Waals surface area contributed by atoms with Gasteiger partial charge in [-0.2, -0.15) is 0 Å². The summed E-state index contributed by atoms with van der Waals surface area (Å²) >= 11 is 6.99. The van der Waals surface area contributed by atoms with Crippen LogP contribution in [0.1, 0.15) is 22.2 Å². The summed E-state index contributed by atoms with van der Waals surface area (Å²) in [6.07, 6.45) is 0. The molecule has 2 rings (SSSR count). The number of rotatable bonds is 4. The molecule has 0 aliphatic heterocycles. The van der Waals surface area contributed by atoms with Crippen LogP contribution in [0, 0.1) is 0 Å². The van der Waals surface area contributed by atoms with E-state index in [4.69, 9.17) is 11.6 Å². The summed E-state index contributed by atoms with van der Waals surface area (Å²) in [5.41, 5.74) is -0.336. The average Bonchev–Trinajstić information content (AvgIpc) is 2.84. The minimum Gasteiger partial charge on any atom is -0.384 e. The molecule has 3 nitrogen and oxygen atoms in total. The van der Waals surface area contributed by atoms with Crippen molar-refractivity contribution < 1.29 is 9.90 Å². The maximum absolute atomic E-state index is 11.9. The summed E-state index contributed by atoms with van der Waals surface area (Å²) in [5.74, 6) is -0.229. The van der Waals surface area contributed by atoms with E-state index < -0.39 is 5.60 Å². The van der Waals surface area contributed by atoms with Gasteiger partial charge in [0.05, 0.1) is 15.8 Å². The Balaban J connectivity index is 2.00. The monoisotopic (exact) mass is 295 g/mol. The lowest BCUT2D eigenvalue weighted by atomic mass is 9.96. The van der Waals surface area contributed by atoms with Crippen LogP contribution in [0.4, 0.5) is 0 Å². The Hall–Kier alpha value is -1.36. The van der Waals surface area contributed by atoms with E-state index in [-0.39, 0.29) is 12.5 Å². The Labute approximate surface area is 120 Å². The van der Waals surface area contributed by atoms with Gasteiger partial charge in [-0.1, -0.05) is 41.9 Å². The van der Waals surface area contributed by atoms with Crippen LogP contribution < -0.4 is 5.32 Å². The van der Waals surface area contributed by atoms with Gasteiger partial charge in [0.1, 0.15) is 5.60 Å². The van der Waals surface area contributed by atoms with Gasteiger partial charge in [-0.3, -0.25) is 4.79 Å². The number of nitrogens with one attached hydrogen (secondary N) is 1. The maximum Gasteiger partial charge on any atom is 0.261 e. The molecule has 0 fully saturated rings. The SMILES string of the molecule is CC(O)(CNC(=O)c1ccc(Cl)s1)c1ccccc1. The van der Waals surface area contributed by atoms with Gasteiger partial charge in [-0.05, 0) is 24.6 Å². The van der Waals surface area contributed by atoms with Crippen LogP contribution in [0.2, 0.25) is 4.34 Å². The molecule has 0 radical (unpaired) electrons. The fraction of sp³-hybridized carbons (Fsp3) is 0.214. The number of thiophene rings is 1. The third-order valence-electron chi connectivity index (χ3n) is 2.79. The smallest absolute Gasteiger partial charge is 0.261 e. The van der Waals surface area contributed by atoms with Crippen molar-refractivity contribution in [1.29, 1.82) is 0 Å².